The Kier molecular flexibility index (Phi) is 5.58. The Balaban J connectivity index is 1.70. The zero-order chi connectivity index (χ0) is 20.3. The molecule has 0 atom stereocenters. The predicted molar refractivity (Wildman–Crippen MR) is 98.8 cm³/mol. The average molecular weight is 391 g/mol. The maximum Gasteiger partial charge on any atom is 0.419 e. The molecule has 0 saturated heterocycles. The van der Waals surface area contributed by atoms with E-state index < -0.39 is 24.3 Å². The Morgan fingerprint density at radius 1 is 1.14 bits per heavy atom. The monoisotopic (exact) mass is 391 g/mol. The lowest BCUT2D eigenvalue weighted by molar-refractivity contribution is -0.140. The Morgan fingerprint density at radius 3 is 2.54 bits per heavy atom. The molecule has 0 spiro atoms. The number of carbonyl (C=O) groups is 1. The van der Waals surface area contributed by atoms with Crippen molar-refractivity contribution in [2.45, 2.75) is 26.2 Å². The van der Waals surface area contributed by atoms with Crippen molar-refractivity contribution in [3.8, 4) is 5.75 Å². The van der Waals surface area contributed by atoms with Crippen molar-refractivity contribution in [1.82, 2.24) is 14.5 Å². The van der Waals surface area contributed by atoms with Gasteiger partial charge in [-0.15, -0.1) is 0 Å². The molecular formula is C20H20F3N3O2. The number of hydrogen-bond acceptors (Lipinski definition) is 3. The molecule has 8 heteroatoms. The van der Waals surface area contributed by atoms with E-state index in [9.17, 15) is 18.0 Å². The van der Waals surface area contributed by atoms with E-state index in [4.69, 9.17) is 4.74 Å². The minimum absolute atomic E-state index is 0.228. The van der Waals surface area contributed by atoms with Crippen LogP contribution in [0.25, 0.3) is 11.0 Å². The molecule has 0 aliphatic heterocycles. The lowest BCUT2D eigenvalue weighted by Gasteiger charge is -2.19. The third-order valence-corrected chi connectivity index (χ3v) is 4.40. The van der Waals surface area contributed by atoms with Crippen LogP contribution in [0, 0.1) is 0 Å². The quantitative estimate of drug-likeness (QED) is 0.635. The summed E-state index contributed by atoms with van der Waals surface area (Å²) in [5.74, 6) is -0.0977. The van der Waals surface area contributed by atoms with Gasteiger partial charge in [0.05, 0.1) is 23.1 Å². The van der Waals surface area contributed by atoms with Gasteiger partial charge in [-0.3, -0.25) is 4.79 Å². The van der Waals surface area contributed by atoms with Crippen LogP contribution < -0.4 is 4.74 Å². The molecule has 0 unspecified atom stereocenters. The largest absolute Gasteiger partial charge is 0.483 e. The fourth-order valence-electron chi connectivity index (χ4n) is 2.98. The Hall–Kier alpha value is -3.03. The van der Waals surface area contributed by atoms with Crippen LogP contribution in [-0.2, 0) is 24.1 Å². The normalized spacial score (nSPS) is 11.6. The van der Waals surface area contributed by atoms with Crippen LogP contribution in [0.3, 0.4) is 0 Å². The highest BCUT2D eigenvalue weighted by molar-refractivity contribution is 5.78. The van der Waals surface area contributed by atoms with Gasteiger partial charge in [0.1, 0.15) is 11.6 Å². The molecule has 0 aliphatic rings. The number of rotatable bonds is 6. The Bertz CT molecular complexity index is 982. The number of para-hydroxylation sites is 3. The minimum atomic E-state index is -4.54. The second-order valence-corrected chi connectivity index (χ2v) is 6.29. The maximum atomic E-state index is 13.0. The predicted octanol–water partition coefficient (Wildman–Crippen LogP) is 4.11. The van der Waals surface area contributed by atoms with Crippen LogP contribution in [0.5, 0.6) is 5.75 Å². The van der Waals surface area contributed by atoms with E-state index in [1.54, 1.807) is 7.05 Å². The number of ether oxygens (including phenoxy) is 1. The molecule has 1 aromatic heterocycles. The van der Waals surface area contributed by atoms with E-state index >= 15 is 0 Å². The van der Waals surface area contributed by atoms with Crippen molar-refractivity contribution in [3.05, 3.63) is 59.9 Å². The van der Waals surface area contributed by atoms with Crippen LogP contribution in [-0.4, -0.2) is 34.0 Å². The molecular weight excluding hydrogens is 371 g/mol. The van der Waals surface area contributed by atoms with Crippen LogP contribution >= 0.6 is 0 Å². The second-order valence-electron chi connectivity index (χ2n) is 6.29. The summed E-state index contributed by atoms with van der Waals surface area (Å²) in [6, 6.07) is 12.5. The van der Waals surface area contributed by atoms with Crippen molar-refractivity contribution in [2.24, 2.45) is 0 Å². The first kappa shape index (κ1) is 19.7. The summed E-state index contributed by atoms with van der Waals surface area (Å²) in [4.78, 5) is 18.3. The molecule has 0 fully saturated rings. The number of hydrogen-bond donors (Lipinski definition) is 0. The van der Waals surface area contributed by atoms with Gasteiger partial charge in [-0.05, 0) is 31.2 Å². The summed E-state index contributed by atoms with van der Waals surface area (Å²) in [6.45, 7) is 2.41. The molecule has 1 amide bonds. The number of benzene rings is 2. The lowest BCUT2D eigenvalue weighted by atomic mass is 10.2. The second kappa shape index (κ2) is 7.92. The van der Waals surface area contributed by atoms with Gasteiger partial charge in [-0.1, -0.05) is 24.3 Å². The molecule has 2 aromatic carbocycles. The first-order valence-electron chi connectivity index (χ1n) is 8.78. The molecule has 0 aliphatic carbocycles. The molecule has 0 radical (unpaired) electrons. The maximum absolute atomic E-state index is 13.0. The van der Waals surface area contributed by atoms with Crippen LogP contribution in [0.1, 0.15) is 18.3 Å². The van der Waals surface area contributed by atoms with Crippen LogP contribution in [0.15, 0.2) is 48.5 Å². The van der Waals surface area contributed by atoms with Gasteiger partial charge < -0.3 is 14.2 Å². The number of alkyl halides is 3. The zero-order valence-corrected chi connectivity index (χ0v) is 15.5. The van der Waals surface area contributed by atoms with E-state index in [1.807, 2.05) is 35.8 Å². The summed E-state index contributed by atoms with van der Waals surface area (Å²) >= 11 is 0. The number of aryl methyl sites for hydroxylation is 1. The summed E-state index contributed by atoms with van der Waals surface area (Å²) in [7, 11) is 1.57. The number of nitrogens with zero attached hydrogens (tertiary/aromatic N) is 3. The molecule has 5 nitrogen and oxygen atoms in total. The summed E-state index contributed by atoms with van der Waals surface area (Å²) in [6.07, 6.45) is -4.54. The summed E-state index contributed by atoms with van der Waals surface area (Å²) in [5, 5.41) is 0. The van der Waals surface area contributed by atoms with E-state index in [-0.39, 0.29) is 12.3 Å². The topological polar surface area (TPSA) is 47.4 Å². The molecule has 28 heavy (non-hydrogen) atoms. The molecule has 3 aromatic rings. The van der Waals surface area contributed by atoms with Crippen molar-refractivity contribution >= 4 is 16.9 Å². The molecule has 0 bridgehead atoms. The number of carbonyl (C=O) groups excluding carboxylic acids is 1. The van der Waals surface area contributed by atoms with Crippen LogP contribution in [0.2, 0.25) is 0 Å². The number of fused-ring (bicyclic) bond motifs is 1. The highest BCUT2D eigenvalue weighted by Gasteiger charge is 2.34. The van der Waals surface area contributed by atoms with Crippen molar-refractivity contribution in [2.75, 3.05) is 13.7 Å². The van der Waals surface area contributed by atoms with Gasteiger partial charge in [-0.25, -0.2) is 4.98 Å². The smallest absolute Gasteiger partial charge is 0.419 e. The fourth-order valence-corrected chi connectivity index (χ4v) is 2.98. The molecule has 3 rings (SSSR count). The van der Waals surface area contributed by atoms with E-state index in [0.717, 1.165) is 17.1 Å². The van der Waals surface area contributed by atoms with Crippen molar-refractivity contribution in [1.29, 1.82) is 0 Å². The molecule has 0 saturated carbocycles. The van der Waals surface area contributed by atoms with Gasteiger partial charge in [0.25, 0.3) is 5.91 Å². The van der Waals surface area contributed by atoms with Gasteiger partial charge >= 0.3 is 6.18 Å². The van der Waals surface area contributed by atoms with Gasteiger partial charge in [0.15, 0.2) is 6.61 Å². The van der Waals surface area contributed by atoms with Crippen molar-refractivity contribution < 1.29 is 22.7 Å². The highest BCUT2D eigenvalue weighted by atomic mass is 19.4. The van der Waals surface area contributed by atoms with Gasteiger partial charge in [-0.2, -0.15) is 13.2 Å². The third kappa shape index (κ3) is 4.11. The molecule has 148 valence electrons. The van der Waals surface area contributed by atoms with E-state index in [1.165, 1.54) is 23.1 Å². The van der Waals surface area contributed by atoms with Crippen molar-refractivity contribution in [3.63, 3.8) is 0 Å². The zero-order valence-electron chi connectivity index (χ0n) is 15.5. The number of halogens is 3. The summed E-state index contributed by atoms with van der Waals surface area (Å²) in [5.41, 5.74) is 0.894. The first-order valence-corrected chi connectivity index (χ1v) is 8.78. The third-order valence-electron chi connectivity index (χ3n) is 4.40. The fraction of sp³-hybridized carbons (Fsp3) is 0.300. The summed E-state index contributed by atoms with van der Waals surface area (Å²) < 4.78 is 46.2. The number of imidazole rings is 1. The highest BCUT2D eigenvalue weighted by Crippen LogP contribution is 2.35. The van der Waals surface area contributed by atoms with Crippen LogP contribution in [0.4, 0.5) is 13.2 Å². The first-order chi connectivity index (χ1) is 13.3. The molecule has 0 N–H and O–H groups in total. The Morgan fingerprint density at radius 2 is 1.82 bits per heavy atom. The number of aromatic nitrogens is 2. The average Bonchev–Trinajstić information content (AvgIpc) is 3.02. The lowest BCUT2D eigenvalue weighted by Crippen LogP contribution is -2.32. The minimum Gasteiger partial charge on any atom is -0.483 e. The Labute approximate surface area is 160 Å². The molecule has 1 heterocycles. The van der Waals surface area contributed by atoms with E-state index in [0.29, 0.717) is 12.4 Å². The number of amides is 1. The van der Waals surface area contributed by atoms with E-state index in [2.05, 4.69) is 4.98 Å². The number of likely N-dealkylation sites (N-methyl/N-ethyl adjacent to an activating group) is 1. The standard InChI is InChI=1S/C20H20F3N3O2/c1-3-26-16-10-6-5-9-15(16)24-18(26)12-25(2)19(27)13-28-17-11-7-4-8-14(17)20(21,22)23/h4-11H,3,12-13H2,1-2H3. The van der Waals surface area contributed by atoms with Gasteiger partial charge in [0, 0.05) is 13.6 Å². The SMILES string of the molecule is CCn1c(CN(C)C(=O)COc2ccccc2C(F)(F)F)nc2ccccc21. The van der Waals surface area contributed by atoms with Gasteiger partial charge in [0.2, 0.25) is 0 Å².